The average Bonchev–Trinajstić information content (AvgIpc) is 2.04. The second-order valence-corrected chi connectivity index (χ2v) is 5.17. The Balaban J connectivity index is 2.30. The van der Waals surface area contributed by atoms with Gasteiger partial charge in [-0.2, -0.15) is 12.6 Å². The van der Waals surface area contributed by atoms with Gasteiger partial charge in [-0.3, -0.25) is 9.80 Å². The van der Waals surface area contributed by atoms with Crippen molar-refractivity contribution >= 4 is 12.6 Å². The van der Waals surface area contributed by atoms with Crippen LogP contribution in [0.15, 0.2) is 0 Å². The van der Waals surface area contributed by atoms with Gasteiger partial charge in [-0.05, 0) is 20.8 Å². The monoisotopic (exact) mass is 202 g/mol. The second-order valence-electron chi connectivity index (χ2n) is 4.72. The van der Waals surface area contributed by atoms with E-state index in [1.54, 1.807) is 0 Å². The van der Waals surface area contributed by atoms with Gasteiger partial charge >= 0.3 is 0 Å². The van der Waals surface area contributed by atoms with Crippen LogP contribution >= 0.6 is 12.6 Å². The van der Waals surface area contributed by atoms with Crippen molar-refractivity contribution in [2.75, 3.05) is 38.5 Å². The number of rotatable bonds is 2. The number of hydrogen-bond donors (Lipinski definition) is 1. The van der Waals surface area contributed by atoms with Crippen molar-refractivity contribution in [1.29, 1.82) is 0 Å². The molecule has 0 bridgehead atoms. The zero-order valence-electron chi connectivity index (χ0n) is 9.08. The second kappa shape index (κ2) is 4.67. The van der Waals surface area contributed by atoms with Crippen LogP contribution in [0, 0.1) is 0 Å². The van der Waals surface area contributed by atoms with E-state index in [1.807, 2.05) is 0 Å². The minimum atomic E-state index is 0.340. The molecule has 1 heterocycles. The van der Waals surface area contributed by atoms with E-state index < -0.39 is 0 Å². The molecule has 0 aromatic rings. The predicted octanol–water partition coefficient (Wildman–Crippen LogP) is 1.33. The summed E-state index contributed by atoms with van der Waals surface area (Å²) < 4.78 is 0. The Kier molecular flexibility index (Phi) is 4.07. The number of piperazine rings is 1. The highest BCUT2D eigenvalue weighted by Crippen LogP contribution is 2.15. The summed E-state index contributed by atoms with van der Waals surface area (Å²) in [5, 5.41) is 0. The summed E-state index contributed by atoms with van der Waals surface area (Å²) in [6, 6.07) is 0. The molecule has 0 saturated carbocycles. The molecule has 78 valence electrons. The molecule has 1 aliphatic heterocycles. The van der Waals surface area contributed by atoms with Gasteiger partial charge in [0.2, 0.25) is 0 Å². The molecule has 0 aromatic carbocycles. The van der Waals surface area contributed by atoms with E-state index in [0.717, 1.165) is 12.3 Å². The van der Waals surface area contributed by atoms with Crippen LogP contribution in [0.4, 0.5) is 0 Å². The van der Waals surface area contributed by atoms with Gasteiger partial charge < -0.3 is 0 Å². The molecule has 0 aliphatic carbocycles. The fourth-order valence-electron chi connectivity index (χ4n) is 1.78. The molecule has 0 radical (unpaired) electrons. The SMILES string of the molecule is CC(C)(C)N1CCN(CCS)CC1. The van der Waals surface area contributed by atoms with Gasteiger partial charge in [0.15, 0.2) is 0 Å². The van der Waals surface area contributed by atoms with Crippen molar-refractivity contribution < 1.29 is 0 Å². The molecule has 0 unspecified atom stereocenters. The topological polar surface area (TPSA) is 6.48 Å². The Labute approximate surface area is 87.7 Å². The van der Waals surface area contributed by atoms with E-state index in [0.29, 0.717) is 5.54 Å². The fraction of sp³-hybridized carbons (Fsp3) is 1.00. The largest absolute Gasteiger partial charge is 0.300 e. The van der Waals surface area contributed by atoms with Crippen molar-refractivity contribution in [2.45, 2.75) is 26.3 Å². The molecule has 1 fully saturated rings. The molecule has 1 aliphatic rings. The first-order valence-corrected chi connectivity index (χ1v) is 5.75. The van der Waals surface area contributed by atoms with E-state index >= 15 is 0 Å². The molecule has 0 amide bonds. The lowest BCUT2D eigenvalue weighted by Crippen LogP contribution is -2.53. The third kappa shape index (κ3) is 3.49. The van der Waals surface area contributed by atoms with Gasteiger partial charge in [-0.25, -0.2) is 0 Å². The van der Waals surface area contributed by atoms with Crippen LogP contribution in [0.5, 0.6) is 0 Å². The van der Waals surface area contributed by atoms with Gasteiger partial charge in [-0.15, -0.1) is 0 Å². The van der Waals surface area contributed by atoms with Crippen LogP contribution in [0.2, 0.25) is 0 Å². The third-order valence-corrected chi connectivity index (χ3v) is 2.94. The molecular weight excluding hydrogens is 180 g/mol. The summed E-state index contributed by atoms with van der Waals surface area (Å²) in [6.07, 6.45) is 0. The van der Waals surface area contributed by atoms with Crippen LogP contribution in [-0.2, 0) is 0 Å². The number of nitrogens with zero attached hydrogens (tertiary/aromatic N) is 2. The smallest absolute Gasteiger partial charge is 0.0126 e. The fourth-order valence-corrected chi connectivity index (χ4v) is 2.07. The quantitative estimate of drug-likeness (QED) is 0.675. The molecule has 0 N–H and O–H groups in total. The maximum atomic E-state index is 4.26. The van der Waals surface area contributed by atoms with Crippen molar-refractivity contribution in [3.63, 3.8) is 0 Å². The van der Waals surface area contributed by atoms with Gasteiger partial charge in [0.25, 0.3) is 0 Å². The van der Waals surface area contributed by atoms with Crippen LogP contribution in [0.25, 0.3) is 0 Å². The normalized spacial score (nSPS) is 22.2. The molecule has 1 rings (SSSR count). The predicted molar refractivity (Wildman–Crippen MR) is 61.6 cm³/mol. The number of thiol groups is 1. The molecule has 1 saturated heterocycles. The summed E-state index contributed by atoms with van der Waals surface area (Å²) in [7, 11) is 0. The summed E-state index contributed by atoms with van der Waals surface area (Å²) >= 11 is 4.26. The summed E-state index contributed by atoms with van der Waals surface area (Å²) in [5.74, 6) is 0.982. The zero-order valence-corrected chi connectivity index (χ0v) is 9.98. The zero-order chi connectivity index (χ0) is 9.90. The molecule has 0 atom stereocenters. The Bertz CT molecular complexity index is 145. The highest BCUT2D eigenvalue weighted by molar-refractivity contribution is 7.80. The maximum Gasteiger partial charge on any atom is 0.0126 e. The van der Waals surface area contributed by atoms with E-state index in [2.05, 4.69) is 43.2 Å². The standard InChI is InChI=1S/C10H22N2S/c1-10(2,3)12-6-4-11(5-7-12)8-9-13/h13H,4-9H2,1-3H3. The van der Waals surface area contributed by atoms with Gasteiger partial charge in [0.05, 0.1) is 0 Å². The molecular formula is C10H22N2S. The first-order valence-electron chi connectivity index (χ1n) is 5.12. The molecule has 3 heteroatoms. The Morgan fingerprint density at radius 1 is 1.08 bits per heavy atom. The minimum absolute atomic E-state index is 0.340. The Morgan fingerprint density at radius 3 is 2.00 bits per heavy atom. The Morgan fingerprint density at radius 2 is 1.62 bits per heavy atom. The van der Waals surface area contributed by atoms with Crippen molar-refractivity contribution in [2.24, 2.45) is 0 Å². The van der Waals surface area contributed by atoms with Crippen LogP contribution in [0.1, 0.15) is 20.8 Å². The van der Waals surface area contributed by atoms with Crippen LogP contribution < -0.4 is 0 Å². The van der Waals surface area contributed by atoms with Crippen molar-refractivity contribution in [1.82, 2.24) is 9.80 Å². The van der Waals surface area contributed by atoms with E-state index in [1.165, 1.54) is 26.2 Å². The lowest BCUT2D eigenvalue weighted by Gasteiger charge is -2.42. The van der Waals surface area contributed by atoms with Crippen molar-refractivity contribution in [3.8, 4) is 0 Å². The van der Waals surface area contributed by atoms with E-state index in [4.69, 9.17) is 0 Å². The Hall–Kier alpha value is 0.270. The third-order valence-electron chi connectivity index (χ3n) is 2.74. The summed E-state index contributed by atoms with van der Waals surface area (Å²) in [5.41, 5.74) is 0.340. The molecule has 2 nitrogen and oxygen atoms in total. The van der Waals surface area contributed by atoms with Crippen LogP contribution in [-0.4, -0.2) is 53.8 Å². The van der Waals surface area contributed by atoms with E-state index in [-0.39, 0.29) is 0 Å². The van der Waals surface area contributed by atoms with E-state index in [9.17, 15) is 0 Å². The van der Waals surface area contributed by atoms with Gasteiger partial charge in [0.1, 0.15) is 0 Å². The van der Waals surface area contributed by atoms with Crippen LogP contribution in [0.3, 0.4) is 0 Å². The first kappa shape index (κ1) is 11.3. The molecule has 13 heavy (non-hydrogen) atoms. The van der Waals surface area contributed by atoms with Gasteiger partial charge in [-0.1, -0.05) is 0 Å². The highest BCUT2D eigenvalue weighted by atomic mass is 32.1. The average molecular weight is 202 g/mol. The number of hydrogen-bond acceptors (Lipinski definition) is 3. The van der Waals surface area contributed by atoms with Crippen molar-refractivity contribution in [3.05, 3.63) is 0 Å². The van der Waals surface area contributed by atoms with Gasteiger partial charge in [0, 0.05) is 44.0 Å². The lowest BCUT2D eigenvalue weighted by atomic mass is 10.1. The summed E-state index contributed by atoms with van der Waals surface area (Å²) in [4.78, 5) is 5.05. The lowest BCUT2D eigenvalue weighted by molar-refractivity contribution is 0.0653. The highest BCUT2D eigenvalue weighted by Gasteiger charge is 2.25. The first-order chi connectivity index (χ1) is 6.04. The molecule has 0 aromatic heterocycles. The minimum Gasteiger partial charge on any atom is -0.300 e. The molecule has 0 spiro atoms. The summed E-state index contributed by atoms with van der Waals surface area (Å²) in [6.45, 7) is 12.8. The maximum absolute atomic E-state index is 4.26.